The quantitative estimate of drug-likeness (QED) is 0.277. The number of anilines is 2. The van der Waals surface area contributed by atoms with E-state index in [1.54, 1.807) is 6.33 Å². The molecule has 0 radical (unpaired) electrons. The maximum atomic E-state index is 6.35. The third-order valence-electron chi connectivity index (χ3n) is 7.03. The van der Waals surface area contributed by atoms with Crippen molar-refractivity contribution in [3.63, 3.8) is 0 Å². The number of piperazine rings is 1. The van der Waals surface area contributed by atoms with Gasteiger partial charge in [0.2, 0.25) is 0 Å². The molecular weight excluding hydrogens is 466 g/mol. The van der Waals surface area contributed by atoms with Gasteiger partial charge in [0.1, 0.15) is 12.1 Å². The van der Waals surface area contributed by atoms with E-state index in [9.17, 15) is 0 Å². The second kappa shape index (κ2) is 9.32. The molecule has 36 heavy (non-hydrogen) atoms. The molecule has 1 fully saturated rings. The molecule has 1 saturated heterocycles. The largest absolute Gasteiger partial charge is 0.365 e. The molecule has 0 amide bonds. The van der Waals surface area contributed by atoms with Crippen LogP contribution in [0, 0.1) is 6.92 Å². The van der Waals surface area contributed by atoms with Gasteiger partial charge in [-0.25, -0.2) is 9.97 Å². The number of nitrogens with zero attached hydrogens (tertiary/aromatic N) is 5. The molecule has 3 aromatic carbocycles. The fourth-order valence-corrected chi connectivity index (χ4v) is 5.40. The predicted octanol–water partition coefficient (Wildman–Crippen LogP) is 6.76. The molecule has 0 aliphatic carbocycles. The Morgan fingerprint density at radius 2 is 1.67 bits per heavy atom. The molecule has 0 spiro atoms. The zero-order chi connectivity index (χ0) is 24.6. The lowest BCUT2D eigenvalue weighted by Gasteiger charge is -2.42. The normalized spacial score (nSPS) is 16.0. The lowest BCUT2D eigenvalue weighted by molar-refractivity contribution is 0.548. The Balaban J connectivity index is 1.44. The highest BCUT2D eigenvalue weighted by atomic mass is 35.5. The minimum Gasteiger partial charge on any atom is -0.365 e. The fourth-order valence-electron chi connectivity index (χ4n) is 5.21. The van der Waals surface area contributed by atoms with E-state index in [1.807, 2.05) is 24.3 Å². The van der Waals surface area contributed by atoms with Gasteiger partial charge in [0.05, 0.1) is 5.39 Å². The van der Waals surface area contributed by atoms with E-state index in [2.05, 4.69) is 89.0 Å². The Morgan fingerprint density at radius 1 is 0.861 bits per heavy atom. The summed E-state index contributed by atoms with van der Waals surface area (Å²) in [5.41, 5.74) is 6.69. The van der Waals surface area contributed by atoms with Gasteiger partial charge in [-0.1, -0.05) is 65.7 Å². The highest BCUT2D eigenvalue weighted by Crippen LogP contribution is 2.38. The average molecular weight is 494 g/mol. The van der Waals surface area contributed by atoms with Gasteiger partial charge < -0.3 is 14.4 Å². The minimum absolute atomic E-state index is 0.349. The van der Waals surface area contributed by atoms with Crippen molar-refractivity contribution >= 4 is 34.1 Å². The first-order valence-electron chi connectivity index (χ1n) is 12.3. The SMILES string of the molecule is Cc1ccc(N2CCN(c3ncnc4c3c(-c3ccccc3)cn4-c3cccc(Cl)c3)C[C@@H]2C)cc1. The van der Waals surface area contributed by atoms with Gasteiger partial charge >= 0.3 is 0 Å². The molecule has 0 saturated carbocycles. The highest BCUT2D eigenvalue weighted by Gasteiger charge is 2.28. The summed E-state index contributed by atoms with van der Waals surface area (Å²) in [6.45, 7) is 7.13. The van der Waals surface area contributed by atoms with Crippen molar-refractivity contribution < 1.29 is 0 Å². The molecule has 6 rings (SSSR count). The maximum absolute atomic E-state index is 6.35. The number of aromatic nitrogens is 3. The summed E-state index contributed by atoms with van der Waals surface area (Å²) in [4.78, 5) is 14.5. The maximum Gasteiger partial charge on any atom is 0.150 e. The Morgan fingerprint density at radius 3 is 2.42 bits per heavy atom. The van der Waals surface area contributed by atoms with Crippen molar-refractivity contribution in [2.24, 2.45) is 0 Å². The average Bonchev–Trinajstić information content (AvgIpc) is 3.30. The van der Waals surface area contributed by atoms with Crippen LogP contribution in [0.5, 0.6) is 0 Å². The molecule has 3 heterocycles. The second-order valence-corrected chi connectivity index (χ2v) is 9.91. The molecule has 2 aromatic heterocycles. The van der Waals surface area contributed by atoms with Crippen molar-refractivity contribution in [1.29, 1.82) is 0 Å². The van der Waals surface area contributed by atoms with E-state index in [1.165, 1.54) is 11.3 Å². The number of benzene rings is 3. The molecule has 5 aromatic rings. The van der Waals surface area contributed by atoms with Crippen molar-refractivity contribution in [2.75, 3.05) is 29.4 Å². The molecular formula is C30H28ClN5. The van der Waals surface area contributed by atoms with Gasteiger partial charge in [-0.15, -0.1) is 0 Å². The summed E-state index contributed by atoms with van der Waals surface area (Å²) in [5, 5.41) is 1.77. The van der Waals surface area contributed by atoms with E-state index in [-0.39, 0.29) is 0 Å². The van der Waals surface area contributed by atoms with Crippen LogP contribution in [0.15, 0.2) is 91.4 Å². The second-order valence-electron chi connectivity index (χ2n) is 9.48. The third kappa shape index (κ3) is 4.10. The zero-order valence-electron chi connectivity index (χ0n) is 20.5. The van der Waals surface area contributed by atoms with Crippen LogP contribution >= 0.6 is 11.6 Å². The van der Waals surface area contributed by atoms with Crippen molar-refractivity contribution in [1.82, 2.24) is 14.5 Å². The smallest absolute Gasteiger partial charge is 0.150 e. The highest BCUT2D eigenvalue weighted by molar-refractivity contribution is 6.30. The Hall–Kier alpha value is -3.83. The Bertz CT molecular complexity index is 1510. The van der Waals surface area contributed by atoms with E-state index in [4.69, 9.17) is 21.6 Å². The Kier molecular flexibility index (Phi) is 5.86. The van der Waals surface area contributed by atoms with Crippen LogP contribution in [0.1, 0.15) is 12.5 Å². The number of hydrogen-bond acceptors (Lipinski definition) is 4. The van der Waals surface area contributed by atoms with Gasteiger partial charge in [0.25, 0.3) is 0 Å². The number of rotatable bonds is 4. The van der Waals surface area contributed by atoms with Crippen LogP contribution in [0.3, 0.4) is 0 Å². The molecule has 6 heteroatoms. The van der Waals surface area contributed by atoms with Crippen LogP contribution in [-0.4, -0.2) is 40.2 Å². The van der Waals surface area contributed by atoms with Crippen LogP contribution in [-0.2, 0) is 0 Å². The summed E-state index contributed by atoms with van der Waals surface area (Å²) in [7, 11) is 0. The van der Waals surface area contributed by atoms with Gasteiger partial charge in [-0.2, -0.15) is 0 Å². The molecule has 1 atom stereocenters. The topological polar surface area (TPSA) is 37.2 Å². The van der Waals surface area contributed by atoms with Crippen molar-refractivity contribution in [2.45, 2.75) is 19.9 Å². The van der Waals surface area contributed by atoms with Crippen molar-refractivity contribution in [3.8, 4) is 16.8 Å². The van der Waals surface area contributed by atoms with E-state index >= 15 is 0 Å². The minimum atomic E-state index is 0.349. The number of fused-ring (bicyclic) bond motifs is 1. The first-order valence-corrected chi connectivity index (χ1v) is 12.7. The Labute approximate surface area is 216 Å². The molecule has 1 aliphatic heterocycles. The molecule has 5 nitrogen and oxygen atoms in total. The summed E-state index contributed by atoms with van der Waals surface area (Å²) < 4.78 is 2.13. The molecule has 0 bridgehead atoms. The predicted molar refractivity (Wildman–Crippen MR) is 150 cm³/mol. The van der Waals surface area contributed by atoms with Crippen LogP contribution < -0.4 is 9.80 Å². The van der Waals surface area contributed by atoms with Crippen LogP contribution in [0.4, 0.5) is 11.5 Å². The fraction of sp³-hybridized carbons (Fsp3) is 0.200. The summed E-state index contributed by atoms with van der Waals surface area (Å²) in [6, 6.07) is 27.6. The first kappa shape index (κ1) is 22.6. The first-order chi connectivity index (χ1) is 17.6. The summed E-state index contributed by atoms with van der Waals surface area (Å²) >= 11 is 6.35. The monoisotopic (exact) mass is 493 g/mol. The number of aryl methyl sites for hydroxylation is 1. The van der Waals surface area contributed by atoms with Gasteiger partial charge in [0.15, 0.2) is 5.65 Å². The summed E-state index contributed by atoms with van der Waals surface area (Å²) in [6.07, 6.45) is 3.85. The number of hydrogen-bond donors (Lipinski definition) is 0. The lowest BCUT2D eigenvalue weighted by Crippen LogP contribution is -2.52. The third-order valence-corrected chi connectivity index (χ3v) is 7.26. The standard InChI is InChI=1S/C30H28ClN5/c1-21-11-13-25(14-12-21)35-16-15-34(18-22(35)2)29-28-27(23-7-4-3-5-8-23)19-36(30(28)33-20-32-29)26-10-6-9-24(31)17-26/h3-14,17,19-20,22H,15-16,18H2,1-2H3/t22-/m0/s1. The van der Waals surface area contributed by atoms with E-state index < -0.39 is 0 Å². The van der Waals surface area contributed by atoms with Gasteiger partial charge in [-0.3, -0.25) is 0 Å². The van der Waals surface area contributed by atoms with Gasteiger partial charge in [0, 0.05) is 53.8 Å². The van der Waals surface area contributed by atoms with Crippen LogP contribution in [0.2, 0.25) is 5.02 Å². The van der Waals surface area contributed by atoms with Gasteiger partial charge in [-0.05, 0) is 49.7 Å². The molecule has 0 unspecified atom stereocenters. The van der Waals surface area contributed by atoms with E-state index in [0.717, 1.165) is 53.3 Å². The molecule has 0 N–H and O–H groups in total. The van der Waals surface area contributed by atoms with Crippen LogP contribution in [0.25, 0.3) is 27.8 Å². The van der Waals surface area contributed by atoms with Crippen molar-refractivity contribution in [3.05, 3.63) is 102 Å². The summed E-state index contributed by atoms with van der Waals surface area (Å²) in [5.74, 6) is 0.982. The lowest BCUT2D eigenvalue weighted by atomic mass is 10.1. The molecule has 180 valence electrons. The number of halogens is 1. The zero-order valence-corrected chi connectivity index (χ0v) is 21.2. The van der Waals surface area contributed by atoms with E-state index in [0.29, 0.717) is 11.1 Å². The molecule has 1 aliphatic rings.